The average Bonchev–Trinajstić information content (AvgIpc) is 1.64. The number of hydrogen-bond acceptors (Lipinski definition) is 2. The van der Waals surface area contributed by atoms with E-state index >= 15 is 0 Å². The zero-order chi connectivity index (χ0) is 5.98. The van der Waals surface area contributed by atoms with E-state index in [9.17, 15) is 0 Å². The van der Waals surface area contributed by atoms with Crippen molar-refractivity contribution in [3.63, 3.8) is 0 Å². The Bertz CT molecular complexity index is 64.9. The quantitative estimate of drug-likeness (QED) is 0.463. The molecule has 1 rings (SSSR count). The van der Waals surface area contributed by atoms with Gasteiger partial charge in [-0.1, -0.05) is 6.92 Å². The van der Waals surface area contributed by atoms with Crippen molar-refractivity contribution in [1.29, 1.82) is 0 Å². The summed E-state index contributed by atoms with van der Waals surface area (Å²) in [5, 5.41) is 3.26. The molecule has 8 heavy (non-hydrogen) atoms. The first-order chi connectivity index (χ1) is 3.79. The van der Waals surface area contributed by atoms with E-state index in [1.165, 1.54) is 6.42 Å². The van der Waals surface area contributed by atoms with Gasteiger partial charge >= 0.3 is 0 Å². The van der Waals surface area contributed by atoms with Gasteiger partial charge in [-0.2, -0.15) is 0 Å². The average molecular weight is 114 g/mol. The predicted octanol–water partition coefficient (Wildman–Crippen LogP) is -0.0569. The minimum atomic E-state index is 0.402. The summed E-state index contributed by atoms with van der Waals surface area (Å²) in [5.74, 6) is 0.777. The zero-order valence-electron chi connectivity index (χ0n) is 5.35. The van der Waals surface area contributed by atoms with Crippen molar-refractivity contribution < 1.29 is 0 Å². The Labute approximate surface area is 50.4 Å². The highest BCUT2D eigenvalue weighted by Gasteiger charge is 2.13. The van der Waals surface area contributed by atoms with Crippen molar-refractivity contribution in [2.24, 2.45) is 11.7 Å². The fraction of sp³-hybridized carbons (Fsp3) is 1.00. The molecular weight excluding hydrogens is 100 g/mol. The first-order valence-electron chi connectivity index (χ1n) is 3.25. The Hall–Kier alpha value is -0.0800. The van der Waals surface area contributed by atoms with Crippen LogP contribution in [0.3, 0.4) is 0 Å². The van der Waals surface area contributed by atoms with Crippen LogP contribution in [0.1, 0.15) is 13.3 Å². The number of hydrogen-bond donors (Lipinski definition) is 2. The molecule has 0 saturated carbocycles. The van der Waals surface area contributed by atoms with Crippen LogP contribution in [-0.2, 0) is 0 Å². The van der Waals surface area contributed by atoms with Gasteiger partial charge in [0, 0.05) is 12.6 Å². The predicted molar refractivity (Wildman–Crippen MR) is 34.6 cm³/mol. The summed E-state index contributed by atoms with van der Waals surface area (Å²) in [7, 11) is 0. The van der Waals surface area contributed by atoms with Crippen LogP contribution in [0.4, 0.5) is 0 Å². The highest BCUT2D eigenvalue weighted by molar-refractivity contribution is 4.75. The van der Waals surface area contributed by atoms with Crippen molar-refractivity contribution in [1.82, 2.24) is 5.32 Å². The van der Waals surface area contributed by atoms with Crippen LogP contribution < -0.4 is 11.1 Å². The molecule has 1 aliphatic heterocycles. The van der Waals surface area contributed by atoms with Crippen LogP contribution in [0, 0.1) is 5.92 Å². The second kappa shape index (κ2) is 2.46. The second-order valence-corrected chi connectivity index (χ2v) is 2.76. The van der Waals surface area contributed by atoms with Crippen molar-refractivity contribution in [2.75, 3.05) is 13.1 Å². The van der Waals surface area contributed by atoms with E-state index in [1.54, 1.807) is 0 Å². The lowest BCUT2D eigenvalue weighted by Gasteiger charge is -2.24. The lowest BCUT2D eigenvalue weighted by molar-refractivity contribution is 0.364. The molecule has 1 fully saturated rings. The van der Waals surface area contributed by atoms with Crippen LogP contribution in [0.25, 0.3) is 0 Å². The fourth-order valence-corrected chi connectivity index (χ4v) is 1.20. The summed E-state index contributed by atoms with van der Waals surface area (Å²) in [6.45, 7) is 4.38. The third-order valence-corrected chi connectivity index (χ3v) is 1.60. The van der Waals surface area contributed by atoms with Gasteiger partial charge < -0.3 is 11.1 Å². The van der Waals surface area contributed by atoms with E-state index < -0.39 is 0 Å². The highest BCUT2D eigenvalue weighted by Crippen LogP contribution is 2.06. The molecule has 2 heteroatoms. The van der Waals surface area contributed by atoms with Gasteiger partial charge in [0.25, 0.3) is 0 Å². The molecule has 2 nitrogen and oxygen atoms in total. The minimum Gasteiger partial charge on any atom is -0.327 e. The lowest BCUT2D eigenvalue weighted by Crippen LogP contribution is -2.43. The van der Waals surface area contributed by atoms with Crippen LogP contribution in [-0.4, -0.2) is 19.1 Å². The topological polar surface area (TPSA) is 38.0 Å². The Balaban J connectivity index is 2.23. The van der Waals surface area contributed by atoms with Gasteiger partial charge in [-0.25, -0.2) is 0 Å². The summed E-state index contributed by atoms with van der Waals surface area (Å²) in [5.41, 5.74) is 5.66. The molecule has 3 N–H and O–H groups in total. The van der Waals surface area contributed by atoms with Crippen LogP contribution >= 0.6 is 0 Å². The van der Waals surface area contributed by atoms with Gasteiger partial charge in [0.05, 0.1) is 0 Å². The third kappa shape index (κ3) is 1.46. The molecule has 2 atom stereocenters. The molecule has 0 aromatic carbocycles. The molecule has 0 aromatic heterocycles. The molecule has 2 unspecified atom stereocenters. The Morgan fingerprint density at radius 2 is 2.25 bits per heavy atom. The minimum absolute atomic E-state index is 0.402. The smallest absolute Gasteiger partial charge is 0.0168 e. The summed E-state index contributed by atoms with van der Waals surface area (Å²) in [6.07, 6.45) is 1.19. The largest absolute Gasteiger partial charge is 0.327 e. The molecule has 1 heterocycles. The first kappa shape index (κ1) is 6.05. The van der Waals surface area contributed by atoms with Gasteiger partial charge in [-0.15, -0.1) is 0 Å². The van der Waals surface area contributed by atoms with Gasteiger partial charge in [0.2, 0.25) is 0 Å². The van der Waals surface area contributed by atoms with Gasteiger partial charge in [0.15, 0.2) is 0 Å². The van der Waals surface area contributed by atoms with Crippen molar-refractivity contribution in [3.8, 4) is 0 Å². The number of piperidine rings is 1. The van der Waals surface area contributed by atoms with Crippen molar-refractivity contribution >= 4 is 0 Å². The molecule has 0 aromatic rings. The first-order valence-corrected chi connectivity index (χ1v) is 3.25. The number of rotatable bonds is 0. The third-order valence-electron chi connectivity index (χ3n) is 1.60. The van der Waals surface area contributed by atoms with E-state index in [-0.39, 0.29) is 0 Å². The summed E-state index contributed by atoms with van der Waals surface area (Å²) >= 11 is 0. The van der Waals surface area contributed by atoms with Crippen molar-refractivity contribution in [3.05, 3.63) is 0 Å². The Kier molecular flexibility index (Phi) is 1.86. The fourth-order valence-electron chi connectivity index (χ4n) is 1.20. The maximum absolute atomic E-state index is 5.66. The van der Waals surface area contributed by atoms with Crippen LogP contribution in [0.15, 0.2) is 0 Å². The van der Waals surface area contributed by atoms with Crippen LogP contribution in [0.5, 0.6) is 0 Å². The molecule has 48 valence electrons. The lowest BCUT2D eigenvalue weighted by atomic mass is 9.99. The standard InChI is InChI=1S/C6H14N2/c1-5-2-6(7)4-8-3-5/h5-6,8H,2-4,7H2,1H3. The molecule has 0 aliphatic carbocycles. The Morgan fingerprint density at radius 3 is 2.62 bits per heavy atom. The summed E-state index contributed by atoms with van der Waals surface area (Å²) in [4.78, 5) is 0. The van der Waals surface area contributed by atoms with E-state index in [2.05, 4.69) is 12.2 Å². The molecule has 1 aliphatic rings. The van der Waals surface area contributed by atoms with E-state index in [0.29, 0.717) is 6.04 Å². The molecule has 0 bridgehead atoms. The number of nitrogens with two attached hydrogens (primary N) is 1. The highest BCUT2D eigenvalue weighted by atomic mass is 14.9. The maximum Gasteiger partial charge on any atom is 0.0168 e. The van der Waals surface area contributed by atoms with Crippen molar-refractivity contribution in [2.45, 2.75) is 19.4 Å². The maximum atomic E-state index is 5.66. The van der Waals surface area contributed by atoms with Gasteiger partial charge in [-0.3, -0.25) is 0 Å². The molecule has 0 spiro atoms. The zero-order valence-corrected chi connectivity index (χ0v) is 5.35. The number of nitrogens with one attached hydrogen (secondary N) is 1. The normalized spacial score (nSPS) is 39.8. The molecule has 1 saturated heterocycles. The van der Waals surface area contributed by atoms with E-state index in [4.69, 9.17) is 5.73 Å². The summed E-state index contributed by atoms with van der Waals surface area (Å²) in [6, 6.07) is 0.402. The molecular formula is C6H14N2. The van der Waals surface area contributed by atoms with Gasteiger partial charge in [0.1, 0.15) is 0 Å². The molecule has 0 radical (unpaired) electrons. The summed E-state index contributed by atoms with van der Waals surface area (Å²) < 4.78 is 0. The van der Waals surface area contributed by atoms with E-state index in [0.717, 1.165) is 19.0 Å². The second-order valence-electron chi connectivity index (χ2n) is 2.76. The van der Waals surface area contributed by atoms with E-state index in [1.807, 2.05) is 0 Å². The SMILES string of the molecule is CC1CNCC(N)C1. The monoisotopic (exact) mass is 114 g/mol. The van der Waals surface area contributed by atoms with Crippen LogP contribution in [0.2, 0.25) is 0 Å². The Morgan fingerprint density at radius 1 is 1.50 bits per heavy atom. The van der Waals surface area contributed by atoms with Gasteiger partial charge in [-0.05, 0) is 18.9 Å². The molecule has 0 amide bonds.